The second-order valence-electron chi connectivity index (χ2n) is 11.1. The van der Waals surface area contributed by atoms with E-state index in [1.165, 1.54) is 36.4 Å². The maximum Gasteiger partial charge on any atom is 0.340 e. The topological polar surface area (TPSA) is 149 Å². The Morgan fingerprint density at radius 1 is 0.608 bits per heavy atom. The van der Waals surface area contributed by atoms with Gasteiger partial charge in [0, 0.05) is 17.8 Å². The maximum absolute atomic E-state index is 13.9. The second-order valence-corrected chi connectivity index (χ2v) is 11.1. The van der Waals surface area contributed by atoms with Gasteiger partial charge in [-0.1, -0.05) is 36.4 Å². The number of hydrogen-bond acceptors (Lipinski definition) is 10. The predicted molar refractivity (Wildman–Crippen MR) is 173 cm³/mol. The van der Waals surface area contributed by atoms with Crippen molar-refractivity contribution >= 4 is 23.8 Å². The summed E-state index contributed by atoms with van der Waals surface area (Å²) in [5, 5.41) is 0. The van der Waals surface area contributed by atoms with Gasteiger partial charge < -0.3 is 18.9 Å². The molecule has 0 amide bonds. The summed E-state index contributed by atoms with van der Waals surface area (Å²) in [6.45, 7) is -0.623. The monoisotopic (exact) mass is 696 g/mol. The van der Waals surface area contributed by atoms with Crippen molar-refractivity contribution < 1.29 is 46.9 Å². The van der Waals surface area contributed by atoms with Gasteiger partial charge in [0.2, 0.25) is 0 Å². The van der Waals surface area contributed by atoms with Crippen molar-refractivity contribution in [2.45, 2.75) is 24.5 Å². The van der Waals surface area contributed by atoms with Crippen LogP contribution in [0.1, 0.15) is 47.7 Å². The molecule has 0 N–H and O–H groups in total. The molecule has 0 unspecified atom stereocenters. The predicted octanol–water partition coefficient (Wildman–Crippen LogP) is 4.18. The van der Waals surface area contributed by atoms with Gasteiger partial charge in [0.1, 0.15) is 24.3 Å². The summed E-state index contributed by atoms with van der Waals surface area (Å²) in [6, 6.07) is 25.0. The summed E-state index contributed by atoms with van der Waals surface area (Å²) < 4.78 is 51.3. The van der Waals surface area contributed by atoms with Gasteiger partial charge in [-0.3, -0.25) is 14.2 Å². The minimum atomic E-state index is -1.67. The average Bonchev–Trinajstić information content (AvgIpc) is 3.47. The number of benzene rings is 4. The van der Waals surface area contributed by atoms with E-state index in [-0.39, 0.29) is 26.8 Å². The number of hydrogen-bond donors (Lipinski definition) is 0. The van der Waals surface area contributed by atoms with Crippen LogP contribution in [-0.4, -0.2) is 57.9 Å². The lowest BCUT2D eigenvalue weighted by atomic mass is 10.1. The largest absolute Gasteiger partial charge is 0.459 e. The molecule has 0 bridgehead atoms. The van der Waals surface area contributed by atoms with Gasteiger partial charge in [-0.2, -0.15) is 4.57 Å². The Morgan fingerprint density at radius 3 is 1.65 bits per heavy atom. The summed E-state index contributed by atoms with van der Waals surface area (Å²) in [7, 11) is 0. The standard InChI is InChI=1S/C37H26F2N2O10/c38-26-15-11-22(12-16-26)32(43)41-29(42)19-20-40(37(41)47)33-31(51-36(46)24-9-5-2-6-10-24)30(50-35(45)23-7-3-1-4-8-23)28(49-33)21-48-34(44)25-13-17-27(39)18-14-25/h1-20,28,30-31,33H,21H2/t28-,30-,31-,33+/m1/s1. The molecule has 1 saturated heterocycles. The lowest BCUT2D eigenvalue weighted by Gasteiger charge is -2.25. The first-order valence-electron chi connectivity index (χ1n) is 15.4. The Morgan fingerprint density at radius 2 is 1.10 bits per heavy atom. The molecule has 4 aromatic carbocycles. The van der Waals surface area contributed by atoms with Crippen molar-refractivity contribution in [3.63, 3.8) is 0 Å². The zero-order valence-corrected chi connectivity index (χ0v) is 26.3. The minimum absolute atomic E-state index is 0.0153. The molecule has 14 heteroatoms. The normalized spacial score (nSPS) is 18.1. The molecule has 2 heterocycles. The molecule has 0 spiro atoms. The SMILES string of the molecule is O=C(OC[C@H]1O[C@H](n2ccc(=O)n(C(=O)c3ccc(F)cc3)c2=O)[C@H](OC(=O)c2ccccc2)[C@@H]1OC(=O)c1ccccc1)c1ccc(F)cc1. The fourth-order valence-electron chi connectivity index (χ4n) is 5.29. The Balaban J connectivity index is 1.41. The summed E-state index contributed by atoms with van der Waals surface area (Å²) in [5.41, 5.74) is -2.28. The maximum atomic E-state index is 13.9. The van der Waals surface area contributed by atoms with Crippen molar-refractivity contribution in [2.24, 2.45) is 0 Å². The first-order valence-corrected chi connectivity index (χ1v) is 15.4. The molecule has 1 fully saturated rings. The summed E-state index contributed by atoms with van der Waals surface area (Å²) in [5.74, 6) is -5.04. The zero-order valence-electron chi connectivity index (χ0n) is 26.3. The van der Waals surface area contributed by atoms with E-state index in [2.05, 4.69) is 0 Å². The van der Waals surface area contributed by atoms with Crippen LogP contribution in [0, 0.1) is 11.6 Å². The summed E-state index contributed by atoms with van der Waals surface area (Å²) in [6.07, 6.45) is -5.25. The third-order valence-electron chi connectivity index (χ3n) is 7.83. The van der Waals surface area contributed by atoms with Crippen LogP contribution in [0.2, 0.25) is 0 Å². The van der Waals surface area contributed by atoms with Crippen molar-refractivity contribution in [3.8, 4) is 0 Å². The van der Waals surface area contributed by atoms with Crippen molar-refractivity contribution in [1.82, 2.24) is 9.13 Å². The Bertz CT molecular complexity index is 2190. The molecule has 51 heavy (non-hydrogen) atoms. The number of ether oxygens (including phenoxy) is 4. The van der Waals surface area contributed by atoms with Gasteiger partial charge in [0.15, 0.2) is 18.4 Å². The van der Waals surface area contributed by atoms with E-state index in [1.54, 1.807) is 36.4 Å². The van der Waals surface area contributed by atoms with Crippen LogP contribution in [0.25, 0.3) is 0 Å². The van der Waals surface area contributed by atoms with E-state index in [0.717, 1.165) is 53.2 Å². The molecule has 0 aliphatic carbocycles. The molecule has 0 saturated carbocycles. The van der Waals surface area contributed by atoms with Crippen molar-refractivity contribution in [3.05, 3.63) is 176 Å². The minimum Gasteiger partial charge on any atom is -0.459 e. The zero-order chi connectivity index (χ0) is 36.1. The molecule has 1 aromatic heterocycles. The third kappa shape index (κ3) is 7.55. The number of carbonyl (C=O) groups excluding carboxylic acids is 4. The van der Waals surface area contributed by atoms with Crippen LogP contribution >= 0.6 is 0 Å². The lowest BCUT2D eigenvalue weighted by molar-refractivity contribution is -0.0643. The van der Waals surface area contributed by atoms with Crippen LogP contribution < -0.4 is 11.2 Å². The van der Waals surface area contributed by atoms with Crippen molar-refractivity contribution in [2.75, 3.05) is 6.61 Å². The molecular weight excluding hydrogens is 670 g/mol. The van der Waals surface area contributed by atoms with Gasteiger partial charge in [0.05, 0.1) is 16.7 Å². The van der Waals surface area contributed by atoms with Crippen molar-refractivity contribution in [1.29, 1.82) is 0 Å². The van der Waals surface area contributed by atoms with Crippen LogP contribution in [0.5, 0.6) is 0 Å². The molecular formula is C37H26F2N2O10. The van der Waals surface area contributed by atoms with Gasteiger partial charge in [-0.25, -0.2) is 28.0 Å². The van der Waals surface area contributed by atoms with Gasteiger partial charge >= 0.3 is 23.6 Å². The fraction of sp³-hybridized carbons (Fsp3) is 0.135. The number of esters is 3. The van der Waals surface area contributed by atoms with Crippen LogP contribution in [-0.2, 0) is 18.9 Å². The van der Waals surface area contributed by atoms with Gasteiger partial charge in [-0.15, -0.1) is 0 Å². The first kappa shape index (κ1) is 34.3. The molecule has 1 aliphatic heterocycles. The highest BCUT2D eigenvalue weighted by atomic mass is 19.1. The second kappa shape index (κ2) is 14.9. The smallest absolute Gasteiger partial charge is 0.340 e. The van der Waals surface area contributed by atoms with E-state index in [4.69, 9.17) is 18.9 Å². The fourth-order valence-corrected chi connectivity index (χ4v) is 5.29. The highest BCUT2D eigenvalue weighted by Crippen LogP contribution is 2.35. The Labute approximate surface area is 287 Å². The van der Waals surface area contributed by atoms with Crippen LogP contribution in [0.3, 0.4) is 0 Å². The van der Waals surface area contributed by atoms with E-state index < -0.39 is 77.8 Å². The van der Waals surface area contributed by atoms with Gasteiger partial charge in [0.25, 0.3) is 11.5 Å². The molecule has 12 nitrogen and oxygen atoms in total. The average molecular weight is 697 g/mol. The highest BCUT2D eigenvalue weighted by molar-refractivity contribution is 5.95. The molecule has 6 rings (SSSR count). The molecule has 258 valence electrons. The summed E-state index contributed by atoms with van der Waals surface area (Å²) in [4.78, 5) is 79.8. The quantitative estimate of drug-likeness (QED) is 0.162. The number of nitrogens with zero attached hydrogens (tertiary/aromatic N) is 2. The Kier molecular flexibility index (Phi) is 10.0. The molecule has 0 radical (unpaired) electrons. The van der Waals surface area contributed by atoms with E-state index in [1.807, 2.05) is 0 Å². The number of rotatable bonds is 9. The first-order chi connectivity index (χ1) is 24.6. The van der Waals surface area contributed by atoms with Crippen LogP contribution in [0.4, 0.5) is 8.78 Å². The summed E-state index contributed by atoms with van der Waals surface area (Å²) >= 11 is 0. The van der Waals surface area contributed by atoms with E-state index in [9.17, 15) is 37.5 Å². The third-order valence-corrected chi connectivity index (χ3v) is 7.83. The number of aromatic nitrogens is 2. The van der Waals surface area contributed by atoms with E-state index in [0.29, 0.717) is 0 Å². The van der Waals surface area contributed by atoms with E-state index >= 15 is 0 Å². The molecule has 5 aromatic rings. The number of halogens is 2. The number of carbonyl (C=O) groups is 4. The lowest BCUT2D eigenvalue weighted by Crippen LogP contribution is -2.47. The van der Waals surface area contributed by atoms with Gasteiger partial charge in [-0.05, 0) is 72.8 Å². The van der Waals surface area contributed by atoms with Crippen LogP contribution in [0.15, 0.2) is 131 Å². The highest BCUT2D eigenvalue weighted by Gasteiger charge is 2.52. The molecule has 4 atom stereocenters. The Hall–Kier alpha value is -6.54. The molecule has 1 aliphatic rings.